The molecule has 0 bridgehead atoms. The quantitative estimate of drug-likeness (QED) is 0.0169. The van der Waals surface area contributed by atoms with E-state index in [9.17, 15) is 61.1 Å². The van der Waals surface area contributed by atoms with E-state index in [0.717, 1.165) is 24.5 Å². The van der Waals surface area contributed by atoms with E-state index in [4.69, 9.17) is 67.1 Å². The summed E-state index contributed by atoms with van der Waals surface area (Å²) >= 11 is 47.5. The van der Waals surface area contributed by atoms with Crippen molar-refractivity contribution in [1.82, 2.24) is 48.7 Å². The van der Waals surface area contributed by atoms with Gasteiger partial charge in [-0.1, -0.05) is 162 Å². The number of sulfonamides is 5. The minimum atomic E-state index is -3.88. The van der Waals surface area contributed by atoms with Gasteiger partial charge < -0.3 is 28.1 Å². The minimum absolute atomic E-state index is 0.00258. The number of aryl methyl sites for hydroxylation is 2. The first kappa shape index (κ1) is 103. The van der Waals surface area contributed by atoms with Crippen LogP contribution < -0.4 is 23.6 Å². The Morgan fingerprint density at radius 2 is 0.877 bits per heavy atom. The summed E-state index contributed by atoms with van der Waals surface area (Å²) in [5.74, 6) is -3.12. The molecular weight excluding hydrogens is 2380 g/mol. The summed E-state index contributed by atoms with van der Waals surface area (Å²) in [4.78, 5) is 16.7. The third kappa shape index (κ3) is 22.7. The van der Waals surface area contributed by atoms with Crippen molar-refractivity contribution in [1.29, 1.82) is 0 Å². The Bertz CT molecular complexity index is 7590. The monoisotopic (exact) mass is 2450 g/mol. The van der Waals surface area contributed by atoms with Crippen molar-refractivity contribution in [2.45, 2.75) is 148 Å². The van der Waals surface area contributed by atoms with Gasteiger partial charge in [0.15, 0.2) is 40.2 Å². The summed E-state index contributed by atoms with van der Waals surface area (Å²) in [6.07, 6.45) is 19.1. The Hall–Kier alpha value is -8.17. The van der Waals surface area contributed by atoms with Gasteiger partial charge in [-0.05, 0) is 208 Å². The van der Waals surface area contributed by atoms with Crippen molar-refractivity contribution in [3.63, 3.8) is 0 Å². The molecule has 49 heteroatoms. The Morgan fingerprint density at radius 1 is 0.457 bits per heavy atom. The maximum Gasteiger partial charge on any atom is 0.239 e. The number of anilines is 5. The number of hydrogen-bond acceptors (Lipinski definition) is 21. The smallest absolute Gasteiger partial charge is 0.239 e. The predicted octanol–water partition coefficient (Wildman–Crippen LogP) is 21.7. The number of aliphatic hydroxyl groups is 2. The van der Waals surface area contributed by atoms with Crippen LogP contribution >= 0.6 is 144 Å². The van der Waals surface area contributed by atoms with E-state index in [1.54, 1.807) is 108 Å². The van der Waals surface area contributed by atoms with Crippen LogP contribution in [0, 0.1) is 46.5 Å². The molecule has 29 nitrogen and oxygen atoms in total. The van der Waals surface area contributed by atoms with Crippen LogP contribution in [-0.4, -0.2) is 139 Å². The van der Waals surface area contributed by atoms with Gasteiger partial charge in [-0.2, -0.15) is 0 Å². The van der Waals surface area contributed by atoms with E-state index in [1.165, 1.54) is 41.2 Å². The molecule has 9 heterocycles. The molecule has 6 aromatic carbocycles. The lowest BCUT2D eigenvalue weighted by Crippen LogP contribution is -2.32. The average Bonchev–Trinajstić information content (AvgIpc) is 1.58. The highest BCUT2D eigenvalue weighted by atomic mass is 127. The Morgan fingerprint density at radius 3 is 1.36 bits per heavy atom. The van der Waals surface area contributed by atoms with E-state index < -0.39 is 99.2 Å². The molecule has 5 aliphatic rings. The van der Waals surface area contributed by atoms with E-state index in [0.29, 0.717) is 166 Å². The van der Waals surface area contributed by atoms with E-state index in [-0.39, 0.29) is 118 Å². The van der Waals surface area contributed by atoms with Crippen LogP contribution in [0.15, 0.2) is 174 Å². The predicted molar refractivity (Wildman–Crippen MR) is 542 cm³/mol. The highest BCUT2D eigenvalue weighted by Gasteiger charge is 2.56. The van der Waals surface area contributed by atoms with Gasteiger partial charge in [-0.25, -0.2) is 88.5 Å². The summed E-state index contributed by atoms with van der Waals surface area (Å²) in [6, 6.07) is 26.8. The molecule has 0 aliphatic heterocycles. The van der Waals surface area contributed by atoms with Crippen molar-refractivity contribution < 1.29 is 83.3 Å². The lowest BCUT2D eigenvalue weighted by molar-refractivity contribution is 0.282. The number of rotatable bonds is 29. The van der Waals surface area contributed by atoms with Gasteiger partial charge in [0.2, 0.25) is 55.7 Å². The number of nitrogens with zero attached hydrogens (tertiary/aromatic N) is 10. The molecule has 728 valence electrons. The van der Waals surface area contributed by atoms with Crippen molar-refractivity contribution in [2.24, 2.45) is 0 Å². The maximum atomic E-state index is 15.2. The number of fused-ring (bicyclic) bond motifs is 5. The number of hydrogen-bond donors (Lipinski definition) is 7. The molecule has 9 aromatic heterocycles. The average molecular weight is 2460 g/mol. The minimum Gasteiger partial charge on any atom is -0.396 e. The second kappa shape index (κ2) is 41.3. The fraction of sp³-hybridized carbons (Fsp3) is 0.292. The zero-order valence-corrected chi connectivity index (χ0v) is 88.4. The normalized spacial score (nSPS) is 15.1. The van der Waals surface area contributed by atoms with Crippen molar-refractivity contribution >= 4 is 262 Å². The Kier molecular flexibility index (Phi) is 30.7. The van der Waals surface area contributed by atoms with Crippen LogP contribution in [0.25, 0.3) is 38.9 Å². The summed E-state index contributed by atoms with van der Waals surface area (Å²) < 4.78 is 230. The number of halogens is 15. The van der Waals surface area contributed by atoms with Gasteiger partial charge >= 0.3 is 0 Å². The molecule has 0 radical (unpaired) electrons. The molecule has 20 rings (SSSR count). The van der Waals surface area contributed by atoms with Crippen LogP contribution in [0.1, 0.15) is 144 Å². The summed E-state index contributed by atoms with van der Waals surface area (Å²) in [5.41, 5.74) is 6.28. The van der Waals surface area contributed by atoms with E-state index in [2.05, 4.69) is 123 Å². The van der Waals surface area contributed by atoms with Gasteiger partial charge in [0.25, 0.3) is 0 Å². The molecule has 0 atom stereocenters. The van der Waals surface area contributed by atoms with Gasteiger partial charge in [-0.3, -0.25) is 23.6 Å². The highest BCUT2D eigenvalue weighted by molar-refractivity contribution is 14.1. The van der Waals surface area contributed by atoms with Crippen molar-refractivity contribution in [2.75, 3.05) is 36.8 Å². The van der Waals surface area contributed by atoms with Gasteiger partial charge in [-0.15, -0.1) is 5.10 Å². The molecule has 0 saturated heterocycles. The number of aliphatic hydroxyl groups excluding tert-OH is 2. The Labute approximate surface area is 859 Å². The number of benzene rings is 6. The summed E-state index contributed by atoms with van der Waals surface area (Å²) in [7, 11) is -18.3. The fourth-order valence-electron chi connectivity index (χ4n) is 15.2. The lowest BCUT2D eigenvalue weighted by atomic mass is 10.00. The van der Waals surface area contributed by atoms with Gasteiger partial charge in [0, 0.05) is 165 Å². The second-order valence-corrected chi connectivity index (χ2v) is 50.4. The van der Waals surface area contributed by atoms with Gasteiger partial charge in [0.05, 0.1) is 52.4 Å². The molecule has 5 saturated carbocycles. The van der Waals surface area contributed by atoms with Crippen LogP contribution in [0.4, 0.5) is 50.6 Å². The third-order valence-electron chi connectivity index (χ3n) is 23.7. The summed E-state index contributed by atoms with van der Waals surface area (Å²) in [5, 5.41) is 31.5. The highest BCUT2D eigenvalue weighted by Crippen LogP contribution is 2.50. The maximum absolute atomic E-state index is 15.2. The molecular formula is C89H78Br4Cl5F5IN15O14S5. The summed E-state index contributed by atoms with van der Waals surface area (Å²) in [6.45, 7) is 2.77. The van der Waals surface area contributed by atoms with Gasteiger partial charge in [0.1, 0.15) is 39.9 Å². The molecule has 5 fully saturated rings. The lowest BCUT2D eigenvalue weighted by Gasteiger charge is -2.20. The van der Waals surface area contributed by atoms with E-state index >= 15 is 13.2 Å². The second-order valence-electron chi connectivity index (χ2n) is 33.5. The van der Waals surface area contributed by atoms with E-state index in [1.807, 2.05) is 46.9 Å². The van der Waals surface area contributed by atoms with Crippen LogP contribution in [-0.2, 0) is 82.2 Å². The zero-order chi connectivity index (χ0) is 98.8. The molecule has 7 N–H and O–H groups in total. The standard InChI is InChI=1S/C19H18BrCl2N3O3S.C18H17BrClFN4O3S.C18H15F2IN2O3S.C17H14BrCl2N3O2S.C17H14BrF2N3O3S/c20-13-2-1-12(15(21)10-13)9-14-16(11-25-7-6-23-18(25)17(14)22)24-29(27,28)19(3-4-19)5-8-26;19-12-2-1-11(14(20)10-12)9-13-15(21)17-22-6-7-25(17)23-16(13)24-29(27,28)18(3-4-18)5-8-26;1-9-13-8-16(23-27(24,25)12-4-5-12)14(17(20)18(13)22-26-9)6-10-2-3-11(21)7-15(10)19;18-11-2-1-10(14(19)8-11)7-13-15(22-26(24,25)12-3-4-12)9-23-6-5-21-17(23)16(13)20;1-8-15-16(26-22-8)14(20)12(6-9-2-3-10(18)7-13(9)19)17(21-15)23-27(24,25)11-4-5-11/h1-2,6-7,10-11,24,26H,3-5,8-9H2;1-2,6-7,10,26H,3-5,8-9H2,(H,23,24);2-3,7-8,12,23H,4-6H2,1H3;1-2,5-6,8-9,12,22H,3-4,7H2;2-3,7,11H,4-6H2,1H3,(H,21,23). The van der Waals surface area contributed by atoms with Crippen LogP contribution in [0.2, 0.25) is 25.1 Å². The first-order chi connectivity index (χ1) is 65.4. The van der Waals surface area contributed by atoms with Crippen molar-refractivity contribution in [3.05, 3.63) is 289 Å². The Balaban J connectivity index is 0.000000125. The topological polar surface area (TPSA) is 401 Å². The largest absolute Gasteiger partial charge is 0.396 e. The van der Waals surface area contributed by atoms with Crippen molar-refractivity contribution in [3.8, 4) is 0 Å². The fourth-order valence-corrected chi connectivity index (χ4v) is 26.3. The molecule has 0 unspecified atom stereocenters. The number of imidazole rings is 3. The number of nitrogens with one attached hydrogen (secondary N) is 5. The molecule has 15 aromatic rings. The number of pyridine rings is 3. The SMILES string of the molecule is Cc1noc2c(F)c(Cc3ccc(Br)cc3F)c(NS(=O)(=O)C3CC3)nc12.Cc1onc2c(F)c(Cc3ccc(I)cc3F)c(NS(=O)(=O)C3CC3)cc12.O=S(=O)(Nc1cn2ccnc2c(Cl)c1Cc1ccc(Br)cc1Cl)C1(CCO)CC1.O=S(=O)(Nc1cn2ccnc2c(Cl)c1Cc1ccc(Br)cc1Cl)C1CC1.O=S(=O)(Nc1nn2ccnc2c(F)c1Cc1ccc(Br)cc1Cl)C1(CCO)CC1. The first-order valence-corrected chi connectivity index (χ1v) is 56.0. The molecule has 5 aliphatic carbocycles. The molecule has 138 heavy (non-hydrogen) atoms. The third-order valence-corrected chi connectivity index (χ3v) is 38.2. The van der Waals surface area contributed by atoms with Crippen LogP contribution in [0.3, 0.4) is 0 Å². The number of aromatic nitrogens is 10. The molecule has 0 amide bonds. The zero-order valence-electron chi connectivity index (χ0n) is 72.0. The first-order valence-electron chi connectivity index (χ1n) is 42.2. The molecule has 0 spiro atoms. The van der Waals surface area contributed by atoms with Crippen LogP contribution in [0.5, 0.6) is 0 Å².